The summed E-state index contributed by atoms with van der Waals surface area (Å²) in [4.78, 5) is 14.7. The number of carbonyl (C=O) groups is 1. The fourth-order valence-corrected chi connectivity index (χ4v) is 3.16. The van der Waals surface area contributed by atoms with E-state index in [1.165, 1.54) is 0 Å². The van der Waals surface area contributed by atoms with Gasteiger partial charge in [-0.3, -0.25) is 4.79 Å². The van der Waals surface area contributed by atoms with Gasteiger partial charge >= 0.3 is 0 Å². The number of methoxy groups -OCH3 is 1. The molecule has 1 saturated heterocycles. The van der Waals surface area contributed by atoms with E-state index in [-0.39, 0.29) is 12.0 Å². The zero-order valence-corrected chi connectivity index (χ0v) is 14.0. The van der Waals surface area contributed by atoms with Crippen molar-refractivity contribution in [3.8, 4) is 5.75 Å². The summed E-state index contributed by atoms with van der Waals surface area (Å²) in [5.41, 5.74) is 1.67. The second-order valence-electron chi connectivity index (χ2n) is 6.01. The number of hydrogen-bond acceptors (Lipinski definition) is 4. The van der Waals surface area contributed by atoms with Crippen LogP contribution in [0.2, 0.25) is 0 Å². The molecule has 1 aromatic heterocycles. The van der Waals surface area contributed by atoms with Crippen LogP contribution in [-0.2, 0) is 4.74 Å². The van der Waals surface area contributed by atoms with Gasteiger partial charge in [0.1, 0.15) is 6.10 Å². The van der Waals surface area contributed by atoms with Crippen LogP contribution in [0.25, 0.3) is 11.0 Å². The highest BCUT2D eigenvalue weighted by Crippen LogP contribution is 2.30. The molecule has 1 atom stereocenters. The third-order valence-electron chi connectivity index (χ3n) is 4.46. The molecule has 1 aliphatic rings. The van der Waals surface area contributed by atoms with Crippen molar-refractivity contribution in [2.75, 3.05) is 26.8 Å². The largest absolute Gasteiger partial charge is 0.493 e. The lowest BCUT2D eigenvalue weighted by Gasteiger charge is -2.32. The number of para-hydroxylation sites is 1. The molecule has 0 N–H and O–H groups in total. The van der Waals surface area contributed by atoms with Crippen molar-refractivity contribution in [3.63, 3.8) is 0 Å². The number of rotatable bonds is 3. The van der Waals surface area contributed by atoms with Crippen LogP contribution >= 0.6 is 0 Å². The Bertz CT molecular complexity index is 887. The molecule has 128 valence electrons. The van der Waals surface area contributed by atoms with Crippen LogP contribution < -0.4 is 4.74 Å². The van der Waals surface area contributed by atoms with E-state index in [4.69, 9.17) is 13.9 Å². The summed E-state index contributed by atoms with van der Waals surface area (Å²) in [5.74, 6) is 0.830. The van der Waals surface area contributed by atoms with Crippen LogP contribution in [0.3, 0.4) is 0 Å². The van der Waals surface area contributed by atoms with E-state index >= 15 is 0 Å². The Kier molecular flexibility index (Phi) is 4.15. The number of carbonyl (C=O) groups excluding carboxylic acids is 1. The predicted molar refractivity (Wildman–Crippen MR) is 93.8 cm³/mol. The maximum atomic E-state index is 12.9. The number of benzene rings is 2. The van der Waals surface area contributed by atoms with Crippen LogP contribution in [0.4, 0.5) is 0 Å². The molecule has 4 rings (SSSR count). The average molecular weight is 337 g/mol. The van der Waals surface area contributed by atoms with E-state index in [0.717, 1.165) is 10.9 Å². The van der Waals surface area contributed by atoms with Crippen molar-refractivity contribution in [2.45, 2.75) is 6.10 Å². The third kappa shape index (κ3) is 2.98. The van der Waals surface area contributed by atoms with Gasteiger partial charge in [0.15, 0.2) is 17.1 Å². The lowest BCUT2D eigenvalue weighted by Crippen LogP contribution is -2.42. The maximum Gasteiger partial charge on any atom is 0.289 e. The first kappa shape index (κ1) is 15.7. The van der Waals surface area contributed by atoms with Gasteiger partial charge in [-0.2, -0.15) is 0 Å². The quantitative estimate of drug-likeness (QED) is 0.732. The molecule has 0 radical (unpaired) electrons. The highest BCUT2D eigenvalue weighted by atomic mass is 16.5. The van der Waals surface area contributed by atoms with Gasteiger partial charge in [-0.15, -0.1) is 0 Å². The molecule has 0 aliphatic carbocycles. The Balaban J connectivity index is 1.58. The van der Waals surface area contributed by atoms with Gasteiger partial charge in [0.05, 0.1) is 20.3 Å². The molecule has 5 heteroatoms. The minimum absolute atomic E-state index is 0.113. The highest BCUT2D eigenvalue weighted by molar-refractivity contribution is 5.97. The zero-order chi connectivity index (χ0) is 17.2. The Morgan fingerprint density at radius 3 is 2.80 bits per heavy atom. The Morgan fingerprint density at radius 2 is 2.00 bits per heavy atom. The van der Waals surface area contributed by atoms with Crippen molar-refractivity contribution in [1.29, 1.82) is 0 Å². The monoisotopic (exact) mass is 337 g/mol. The second-order valence-corrected chi connectivity index (χ2v) is 6.01. The molecule has 3 aromatic rings. The number of morpholine rings is 1. The normalized spacial score (nSPS) is 17.6. The van der Waals surface area contributed by atoms with Gasteiger partial charge in [-0.1, -0.05) is 42.5 Å². The summed E-state index contributed by atoms with van der Waals surface area (Å²) in [6.07, 6.45) is -0.113. The van der Waals surface area contributed by atoms with Crippen LogP contribution in [0.1, 0.15) is 22.2 Å². The van der Waals surface area contributed by atoms with Gasteiger partial charge in [0, 0.05) is 11.9 Å². The molecule has 1 fully saturated rings. The predicted octanol–water partition coefficient (Wildman–Crippen LogP) is 3.66. The Morgan fingerprint density at radius 1 is 1.16 bits per heavy atom. The van der Waals surface area contributed by atoms with E-state index < -0.39 is 0 Å². The summed E-state index contributed by atoms with van der Waals surface area (Å²) in [6.45, 7) is 1.57. The van der Waals surface area contributed by atoms with Gasteiger partial charge in [0.25, 0.3) is 5.91 Å². The third-order valence-corrected chi connectivity index (χ3v) is 4.46. The SMILES string of the molecule is COc1cccc2cc(C(=O)N3CCOC(c4ccccc4)C3)oc12. The zero-order valence-electron chi connectivity index (χ0n) is 14.0. The second kappa shape index (κ2) is 6.61. The first-order chi connectivity index (χ1) is 12.3. The van der Waals surface area contributed by atoms with Gasteiger partial charge in [-0.25, -0.2) is 0 Å². The van der Waals surface area contributed by atoms with Crippen molar-refractivity contribution < 1.29 is 18.7 Å². The maximum absolute atomic E-state index is 12.9. The molecular formula is C20H19NO4. The number of amides is 1. The Hall–Kier alpha value is -2.79. The average Bonchev–Trinajstić information content (AvgIpc) is 3.12. The Labute approximate surface area is 145 Å². The molecule has 1 unspecified atom stereocenters. The number of hydrogen-bond donors (Lipinski definition) is 0. The van der Waals surface area contributed by atoms with E-state index in [0.29, 0.717) is 36.8 Å². The van der Waals surface area contributed by atoms with Gasteiger partial charge < -0.3 is 18.8 Å². The topological polar surface area (TPSA) is 51.9 Å². The minimum Gasteiger partial charge on any atom is -0.493 e. The van der Waals surface area contributed by atoms with E-state index in [1.54, 1.807) is 18.1 Å². The molecule has 2 aromatic carbocycles. The van der Waals surface area contributed by atoms with Crippen LogP contribution in [-0.4, -0.2) is 37.6 Å². The van der Waals surface area contributed by atoms with E-state index in [9.17, 15) is 4.79 Å². The number of ether oxygens (including phenoxy) is 2. The van der Waals surface area contributed by atoms with Crippen LogP contribution in [0, 0.1) is 0 Å². The van der Waals surface area contributed by atoms with Crippen molar-refractivity contribution in [1.82, 2.24) is 4.90 Å². The molecule has 25 heavy (non-hydrogen) atoms. The fourth-order valence-electron chi connectivity index (χ4n) is 3.16. The molecule has 0 bridgehead atoms. The van der Waals surface area contributed by atoms with Gasteiger partial charge in [-0.05, 0) is 17.7 Å². The van der Waals surface area contributed by atoms with Crippen molar-refractivity contribution >= 4 is 16.9 Å². The number of furan rings is 1. The molecular weight excluding hydrogens is 318 g/mol. The van der Waals surface area contributed by atoms with Crippen LogP contribution in [0.5, 0.6) is 5.75 Å². The summed E-state index contributed by atoms with van der Waals surface area (Å²) >= 11 is 0. The molecule has 0 saturated carbocycles. The highest BCUT2D eigenvalue weighted by Gasteiger charge is 2.28. The molecule has 0 spiro atoms. The molecule has 1 amide bonds. The molecule has 5 nitrogen and oxygen atoms in total. The fraction of sp³-hybridized carbons (Fsp3) is 0.250. The van der Waals surface area contributed by atoms with E-state index in [1.807, 2.05) is 48.5 Å². The summed E-state index contributed by atoms with van der Waals surface area (Å²) < 4.78 is 16.9. The van der Waals surface area contributed by atoms with Crippen LogP contribution in [0.15, 0.2) is 59.0 Å². The lowest BCUT2D eigenvalue weighted by atomic mass is 10.1. The smallest absolute Gasteiger partial charge is 0.289 e. The van der Waals surface area contributed by atoms with Crippen molar-refractivity contribution in [3.05, 3.63) is 65.9 Å². The van der Waals surface area contributed by atoms with Gasteiger partial charge in [0.2, 0.25) is 0 Å². The summed E-state index contributed by atoms with van der Waals surface area (Å²) in [5, 5.41) is 0.857. The summed E-state index contributed by atoms with van der Waals surface area (Å²) in [6, 6.07) is 17.3. The van der Waals surface area contributed by atoms with E-state index in [2.05, 4.69) is 0 Å². The minimum atomic E-state index is -0.123. The summed E-state index contributed by atoms with van der Waals surface area (Å²) in [7, 11) is 1.59. The standard InChI is InChI=1S/C20H19NO4/c1-23-16-9-5-8-15-12-17(25-19(15)16)20(22)21-10-11-24-18(13-21)14-6-3-2-4-7-14/h2-9,12,18H,10-11,13H2,1H3. The lowest BCUT2D eigenvalue weighted by molar-refractivity contribution is -0.0237. The number of fused-ring (bicyclic) bond motifs is 1. The number of nitrogens with zero attached hydrogens (tertiary/aromatic N) is 1. The molecule has 2 heterocycles. The molecule has 1 aliphatic heterocycles. The van der Waals surface area contributed by atoms with Crippen molar-refractivity contribution in [2.24, 2.45) is 0 Å². The first-order valence-electron chi connectivity index (χ1n) is 8.28. The first-order valence-corrected chi connectivity index (χ1v) is 8.28.